The molecule has 3 heteroatoms. The van der Waals surface area contributed by atoms with E-state index in [1.54, 1.807) is 19.4 Å². The van der Waals surface area contributed by atoms with E-state index in [1.807, 2.05) is 6.07 Å². The summed E-state index contributed by atoms with van der Waals surface area (Å²) in [5.41, 5.74) is 0. The lowest BCUT2D eigenvalue weighted by molar-refractivity contribution is 0.413. The molecule has 2 nitrogen and oxygen atoms in total. The average Bonchev–Trinajstić information content (AvgIpc) is 1.90. The molecular weight excluding hydrogens is 134 g/mol. The van der Waals surface area contributed by atoms with E-state index in [1.165, 1.54) is 0 Å². The molecule has 0 aliphatic heterocycles. The minimum atomic E-state index is 0.718. The zero-order valence-electron chi connectivity index (χ0n) is 5.05. The first-order valence-electron chi connectivity index (χ1n) is 2.55. The smallest absolute Gasteiger partial charge is 0.134 e. The summed E-state index contributed by atoms with van der Waals surface area (Å²) in [6.07, 6.45) is 1.72. The Morgan fingerprint density at radius 3 is 2.78 bits per heavy atom. The van der Waals surface area contributed by atoms with Gasteiger partial charge in [-0.15, -0.1) is 0 Å². The molecule has 0 aliphatic carbocycles. The van der Waals surface area contributed by atoms with Crippen molar-refractivity contribution in [2.45, 2.75) is 0 Å². The Bertz CT molecular complexity index is 223. The summed E-state index contributed by atoms with van der Waals surface area (Å²) in [7, 11) is 1.62. The molecule has 9 heavy (non-hydrogen) atoms. The quantitative estimate of drug-likeness (QED) is 0.603. The van der Waals surface area contributed by atoms with Crippen molar-refractivity contribution < 1.29 is 4.74 Å². The lowest BCUT2D eigenvalue weighted by Gasteiger charge is -1.94. The molecule has 0 radical (unpaired) electrons. The molecule has 0 saturated carbocycles. The molecule has 0 amide bonds. The van der Waals surface area contributed by atoms with Gasteiger partial charge in [0.15, 0.2) is 0 Å². The number of aromatic amines is 1. The van der Waals surface area contributed by atoms with Crippen LogP contribution in [0.1, 0.15) is 0 Å². The van der Waals surface area contributed by atoms with Crippen molar-refractivity contribution in [2.24, 2.45) is 0 Å². The first-order chi connectivity index (χ1) is 4.33. The number of aromatic nitrogens is 1. The average molecular weight is 141 g/mol. The number of hydrogen-bond donors (Lipinski definition) is 1. The maximum absolute atomic E-state index is 4.89. The summed E-state index contributed by atoms with van der Waals surface area (Å²) in [6, 6.07) is 3.60. The minimum absolute atomic E-state index is 0.718. The van der Waals surface area contributed by atoms with Crippen LogP contribution in [0.5, 0.6) is 5.75 Å². The van der Waals surface area contributed by atoms with Crippen LogP contribution in [-0.4, -0.2) is 12.1 Å². The molecule has 0 fully saturated rings. The molecule has 1 aromatic heterocycles. The second-order valence-corrected chi connectivity index (χ2v) is 2.03. The fraction of sp³-hybridized carbons (Fsp3) is 0.167. The zero-order chi connectivity index (χ0) is 6.69. The van der Waals surface area contributed by atoms with Crippen molar-refractivity contribution in [1.29, 1.82) is 0 Å². The number of rotatable bonds is 1. The Morgan fingerprint density at radius 2 is 2.33 bits per heavy atom. The monoisotopic (exact) mass is 141 g/mol. The molecule has 48 valence electrons. The molecule has 1 N–H and O–H groups in total. The summed E-state index contributed by atoms with van der Waals surface area (Å²) in [5, 5.41) is 0. The molecule has 0 spiro atoms. The van der Waals surface area contributed by atoms with Gasteiger partial charge in [0.25, 0.3) is 0 Å². The molecule has 1 aromatic rings. The molecule has 0 aromatic carbocycles. The number of nitrogens with one attached hydrogen (secondary N) is 1. The van der Waals surface area contributed by atoms with Crippen molar-refractivity contribution in [3.05, 3.63) is 23.0 Å². The lowest BCUT2D eigenvalue weighted by atomic mass is 10.5. The van der Waals surface area contributed by atoms with Gasteiger partial charge in [0, 0.05) is 6.20 Å². The second kappa shape index (κ2) is 2.64. The van der Waals surface area contributed by atoms with E-state index in [-0.39, 0.29) is 0 Å². The van der Waals surface area contributed by atoms with E-state index >= 15 is 0 Å². The maximum Gasteiger partial charge on any atom is 0.134 e. The van der Waals surface area contributed by atoms with Gasteiger partial charge < -0.3 is 9.72 Å². The molecule has 0 aliphatic rings. The highest BCUT2D eigenvalue weighted by Crippen LogP contribution is 2.04. The Hall–Kier alpha value is -0.830. The lowest BCUT2D eigenvalue weighted by Crippen LogP contribution is -1.82. The van der Waals surface area contributed by atoms with Crippen molar-refractivity contribution in [3.63, 3.8) is 0 Å². The van der Waals surface area contributed by atoms with Gasteiger partial charge in [-0.3, -0.25) is 0 Å². The number of ether oxygens (including phenoxy) is 1. The van der Waals surface area contributed by atoms with Crippen molar-refractivity contribution in [1.82, 2.24) is 4.98 Å². The Kier molecular flexibility index (Phi) is 1.85. The van der Waals surface area contributed by atoms with Crippen LogP contribution in [0.3, 0.4) is 0 Å². The molecular formula is C6H7NOS. The maximum atomic E-state index is 4.89. The highest BCUT2D eigenvalue weighted by Gasteiger charge is 1.83. The molecule has 0 saturated heterocycles. The molecule has 1 rings (SSSR count). The normalized spacial score (nSPS) is 9.00. The van der Waals surface area contributed by atoms with Crippen LogP contribution in [0.15, 0.2) is 18.3 Å². The summed E-state index contributed by atoms with van der Waals surface area (Å²) in [5.74, 6) is 0.795. The molecule has 0 unspecified atom stereocenters. The fourth-order valence-corrected chi connectivity index (χ4v) is 0.650. The Labute approximate surface area is 58.5 Å². The van der Waals surface area contributed by atoms with Crippen LogP contribution < -0.4 is 4.74 Å². The van der Waals surface area contributed by atoms with Crippen LogP contribution in [0.2, 0.25) is 0 Å². The van der Waals surface area contributed by atoms with Gasteiger partial charge in [0.1, 0.15) is 10.4 Å². The van der Waals surface area contributed by atoms with E-state index in [2.05, 4.69) is 4.98 Å². The zero-order valence-corrected chi connectivity index (χ0v) is 5.87. The van der Waals surface area contributed by atoms with E-state index in [9.17, 15) is 0 Å². The number of methoxy groups -OCH3 is 1. The van der Waals surface area contributed by atoms with Crippen LogP contribution >= 0.6 is 12.2 Å². The summed E-state index contributed by atoms with van der Waals surface area (Å²) in [6.45, 7) is 0. The van der Waals surface area contributed by atoms with E-state index < -0.39 is 0 Å². The third kappa shape index (κ3) is 1.54. The van der Waals surface area contributed by atoms with Gasteiger partial charge in [-0.05, 0) is 12.1 Å². The predicted octanol–water partition coefficient (Wildman–Crippen LogP) is 1.75. The molecule has 1 heterocycles. The van der Waals surface area contributed by atoms with Crippen LogP contribution in [0.25, 0.3) is 0 Å². The number of pyridine rings is 1. The summed E-state index contributed by atoms with van der Waals surface area (Å²) >= 11 is 4.81. The van der Waals surface area contributed by atoms with Crippen molar-refractivity contribution >= 4 is 12.2 Å². The van der Waals surface area contributed by atoms with Crippen LogP contribution in [0, 0.1) is 4.64 Å². The Balaban J connectivity index is 3.02. The summed E-state index contributed by atoms with van der Waals surface area (Å²) in [4.78, 5) is 2.84. The van der Waals surface area contributed by atoms with Gasteiger partial charge in [-0.2, -0.15) is 0 Å². The largest absolute Gasteiger partial charge is 0.495 e. The van der Waals surface area contributed by atoms with Crippen LogP contribution in [-0.2, 0) is 0 Å². The highest BCUT2D eigenvalue weighted by atomic mass is 32.1. The van der Waals surface area contributed by atoms with Crippen molar-refractivity contribution in [3.8, 4) is 5.75 Å². The predicted molar refractivity (Wildman–Crippen MR) is 38.2 cm³/mol. The van der Waals surface area contributed by atoms with Crippen LogP contribution in [0.4, 0.5) is 0 Å². The second-order valence-electron chi connectivity index (χ2n) is 1.59. The third-order valence-corrected chi connectivity index (χ3v) is 1.25. The first kappa shape index (κ1) is 6.29. The molecule has 0 atom stereocenters. The SMILES string of the molecule is COc1ccc(=S)[nH]c1. The van der Waals surface area contributed by atoms with Gasteiger partial charge >= 0.3 is 0 Å². The third-order valence-electron chi connectivity index (χ3n) is 0.991. The first-order valence-corrected chi connectivity index (χ1v) is 2.96. The topological polar surface area (TPSA) is 25.0 Å². The fourth-order valence-electron chi connectivity index (χ4n) is 0.523. The van der Waals surface area contributed by atoms with Gasteiger partial charge in [-0.25, -0.2) is 0 Å². The highest BCUT2D eigenvalue weighted by molar-refractivity contribution is 7.71. The van der Waals surface area contributed by atoms with Gasteiger partial charge in [0.05, 0.1) is 7.11 Å². The van der Waals surface area contributed by atoms with E-state index in [4.69, 9.17) is 17.0 Å². The van der Waals surface area contributed by atoms with E-state index in [0.717, 1.165) is 10.4 Å². The van der Waals surface area contributed by atoms with Gasteiger partial charge in [-0.1, -0.05) is 12.2 Å². The Morgan fingerprint density at radius 1 is 1.56 bits per heavy atom. The van der Waals surface area contributed by atoms with E-state index in [0.29, 0.717) is 0 Å². The number of H-pyrrole nitrogens is 1. The standard InChI is InChI=1S/C6H7NOS/c1-8-5-2-3-6(9)7-4-5/h2-4H,1H3,(H,7,9). The summed E-state index contributed by atoms with van der Waals surface area (Å²) < 4.78 is 5.61. The number of hydrogen-bond acceptors (Lipinski definition) is 2. The van der Waals surface area contributed by atoms with Gasteiger partial charge in [0.2, 0.25) is 0 Å². The minimum Gasteiger partial charge on any atom is -0.495 e. The molecule has 0 bridgehead atoms. The van der Waals surface area contributed by atoms with Crippen molar-refractivity contribution in [2.75, 3.05) is 7.11 Å².